The Morgan fingerprint density at radius 1 is 1.25 bits per heavy atom. The van der Waals surface area contributed by atoms with Crippen LogP contribution < -0.4 is 5.69 Å². The van der Waals surface area contributed by atoms with Crippen LogP contribution in [0, 0.1) is 0 Å². The zero-order chi connectivity index (χ0) is 17.1. The van der Waals surface area contributed by atoms with Crippen LogP contribution in [0.25, 0.3) is 11.0 Å². The molecule has 1 aliphatic heterocycles. The molecule has 2 aromatic rings. The summed E-state index contributed by atoms with van der Waals surface area (Å²) in [5.74, 6) is -0.00320. The quantitative estimate of drug-likeness (QED) is 0.874. The Morgan fingerprint density at radius 3 is 2.62 bits per heavy atom. The van der Waals surface area contributed by atoms with Crippen LogP contribution in [0.1, 0.15) is 32.6 Å². The summed E-state index contributed by atoms with van der Waals surface area (Å²) >= 11 is 0. The monoisotopic (exact) mass is 331 g/mol. The molecule has 1 N–H and O–H groups in total. The number of carbonyl (C=O) groups is 1. The number of hydrogen-bond donors (Lipinski definition) is 1. The molecule has 1 atom stereocenters. The van der Waals surface area contributed by atoms with Gasteiger partial charge < -0.3 is 10.0 Å². The molecule has 3 rings (SSSR count). The summed E-state index contributed by atoms with van der Waals surface area (Å²) in [5.41, 5.74) is 1.55. The van der Waals surface area contributed by atoms with E-state index < -0.39 is 0 Å². The molecule has 1 unspecified atom stereocenters. The summed E-state index contributed by atoms with van der Waals surface area (Å²) in [4.78, 5) is 27.3. The van der Waals surface area contributed by atoms with E-state index >= 15 is 0 Å². The van der Waals surface area contributed by atoms with Gasteiger partial charge in [0.15, 0.2) is 0 Å². The molecule has 130 valence electrons. The Bertz CT molecular complexity index is 777. The minimum Gasteiger partial charge on any atom is -0.396 e. The van der Waals surface area contributed by atoms with Gasteiger partial charge in [-0.15, -0.1) is 0 Å². The normalized spacial score (nSPS) is 17.8. The van der Waals surface area contributed by atoms with Gasteiger partial charge in [-0.3, -0.25) is 13.9 Å². The molecule has 1 aromatic heterocycles. The molecule has 6 nitrogen and oxygen atoms in total. The third-order valence-corrected chi connectivity index (χ3v) is 4.93. The summed E-state index contributed by atoms with van der Waals surface area (Å²) in [7, 11) is 0. The van der Waals surface area contributed by atoms with Crippen LogP contribution in [0.15, 0.2) is 29.1 Å². The first-order valence-electron chi connectivity index (χ1n) is 8.75. The molecule has 6 heteroatoms. The minimum atomic E-state index is -0.127. The zero-order valence-corrected chi connectivity index (χ0v) is 14.1. The van der Waals surface area contributed by atoms with E-state index in [0.29, 0.717) is 13.0 Å². The fraction of sp³-hybridized carbons (Fsp3) is 0.556. The first-order chi connectivity index (χ1) is 11.7. The smallest absolute Gasteiger partial charge is 0.329 e. The Kier molecular flexibility index (Phi) is 5.04. The van der Waals surface area contributed by atoms with Crippen LogP contribution in [0.5, 0.6) is 0 Å². The van der Waals surface area contributed by atoms with Crippen LogP contribution >= 0.6 is 0 Å². The van der Waals surface area contributed by atoms with Crippen molar-refractivity contribution in [2.45, 2.75) is 51.7 Å². The fourth-order valence-electron chi connectivity index (χ4n) is 3.75. The van der Waals surface area contributed by atoms with Crippen molar-refractivity contribution < 1.29 is 9.90 Å². The number of amides is 1. The van der Waals surface area contributed by atoms with E-state index in [0.717, 1.165) is 36.8 Å². The van der Waals surface area contributed by atoms with E-state index in [1.54, 1.807) is 9.13 Å². The van der Waals surface area contributed by atoms with Crippen molar-refractivity contribution >= 4 is 16.9 Å². The van der Waals surface area contributed by atoms with Crippen LogP contribution in [0.2, 0.25) is 0 Å². The number of benzene rings is 1. The number of aromatic nitrogens is 2. The van der Waals surface area contributed by atoms with Gasteiger partial charge in [0.1, 0.15) is 6.54 Å². The number of rotatable bonds is 6. The maximum Gasteiger partial charge on any atom is 0.329 e. The van der Waals surface area contributed by atoms with Crippen LogP contribution in [0.4, 0.5) is 0 Å². The number of likely N-dealkylation sites (tertiary alicyclic amines) is 1. The number of fused-ring (bicyclic) bond motifs is 1. The highest BCUT2D eigenvalue weighted by Crippen LogP contribution is 2.22. The molecule has 1 aromatic carbocycles. The van der Waals surface area contributed by atoms with Crippen LogP contribution in [-0.4, -0.2) is 44.2 Å². The van der Waals surface area contributed by atoms with Gasteiger partial charge in [-0.1, -0.05) is 12.1 Å². The number of aliphatic hydroxyl groups is 1. The molecule has 0 aliphatic carbocycles. The van der Waals surface area contributed by atoms with E-state index in [-0.39, 0.29) is 30.8 Å². The molecule has 0 spiro atoms. The summed E-state index contributed by atoms with van der Waals surface area (Å²) in [6, 6.07) is 7.80. The number of aliphatic hydroxyl groups excluding tert-OH is 1. The van der Waals surface area contributed by atoms with Crippen molar-refractivity contribution in [3.8, 4) is 0 Å². The van der Waals surface area contributed by atoms with Crippen LogP contribution in [-0.2, 0) is 17.9 Å². The molecule has 1 fully saturated rings. The molecule has 2 heterocycles. The summed E-state index contributed by atoms with van der Waals surface area (Å²) in [5, 5.41) is 9.02. The molecule has 0 bridgehead atoms. The second kappa shape index (κ2) is 7.21. The molecule has 1 aliphatic rings. The SMILES string of the molecule is CCn1c(=O)n(CC(=O)N2CCCC2CCCO)c2ccccc21. The lowest BCUT2D eigenvalue weighted by Crippen LogP contribution is -2.39. The number of aryl methyl sites for hydroxylation is 1. The minimum absolute atomic E-state index is 0.00320. The predicted molar refractivity (Wildman–Crippen MR) is 92.9 cm³/mol. The second-order valence-corrected chi connectivity index (χ2v) is 6.35. The lowest BCUT2D eigenvalue weighted by molar-refractivity contribution is -0.132. The number of hydrogen-bond acceptors (Lipinski definition) is 3. The van der Waals surface area contributed by atoms with Gasteiger partial charge in [0.2, 0.25) is 5.91 Å². The molecule has 1 saturated heterocycles. The highest BCUT2D eigenvalue weighted by atomic mass is 16.3. The predicted octanol–water partition coefficient (Wildman–Crippen LogP) is 1.59. The molecular formula is C18H25N3O3. The molecular weight excluding hydrogens is 306 g/mol. The average molecular weight is 331 g/mol. The summed E-state index contributed by atoms with van der Waals surface area (Å²) < 4.78 is 3.29. The lowest BCUT2D eigenvalue weighted by Gasteiger charge is -2.24. The Balaban J connectivity index is 1.86. The molecule has 24 heavy (non-hydrogen) atoms. The third kappa shape index (κ3) is 2.98. The highest BCUT2D eigenvalue weighted by molar-refractivity contribution is 5.81. The van der Waals surface area contributed by atoms with Crippen molar-refractivity contribution in [1.29, 1.82) is 0 Å². The standard InChI is InChI=1S/C18H25N3O3/c1-2-19-15-9-3-4-10-16(15)21(18(19)24)13-17(23)20-11-5-7-14(20)8-6-12-22/h3-4,9-10,14,22H,2,5-8,11-13H2,1H3. The first-order valence-corrected chi connectivity index (χ1v) is 8.75. The average Bonchev–Trinajstić information content (AvgIpc) is 3.16. The number of carbonyl (C=O) groups excluding carboxylic acids is 1. The topological polar surface area (TPSA) is 67.5 Å². The fourth-order valence-corrected chi connectivity index (χ4v) is 3.75. The second-order valence-electron chi connectivity index (χ2n) is 6.35. The first kappa shape index (κ1) is 16.8. The molecule has 1 amide bonds. The molecule has 0 saturated carbocycles. The van der Waals surface area contributed by atoms with E-state index in [1.807, 2.05) is 36.1 Å². The van der Waals surface area contributed by atoms with Gasteiger partial charge in [-0.2, -0.15) is 0 Å². The zero-order valence-electron chi connectivity index (χ0n) is 14.1. The van der Waals surface area contributed by atoms with Gasteiger partial charge in [0.25, 0.3) is 0 Å². The van der Waals surface area contributed by atoms with Crippen molar-refractivity contribution in [3.63, 3.8) is 0 Å². The van der Waals surface area contributed by atoms with Gasteiger partial charge in [0, 0.05) is 25.7 Å². The van der Waals surface area contributed by atoms with Gasteiger partial charge in [0.05, 0.1) is 11.0 Å². The van der Waals surface area contributed by atoms with Crippen molar-refractivity contribution in [2.24, 2.45) is 0 Å². The summed E-state index contributed by atoms with van der Waals surface area (Å²) in [6.07, 6.45) is 3.52. The van der Waals surface area contributed by atoms with Crippen molar-refractivity contribution in [3.05, 3.63) is 34.7 Å². The maximum absolute atomic E-state index is 12.8. The lowest BCUT2D eigenvalue weighted by atomic mass is 10.1. The Morgan fingerprint density at radius 2 is 1.96 bits per heavy atom. The van der Waals surface area contributed by atoms with Gasteiger partial charge in [-0.25, -0.2) is 4.79 Å². The van der Waals surface area contributed by atoms with Crippen LogP contribution in [0.3, 0.4) is 0 Å². The third-order valence-electron chi connectivity index (χ3n) is 4.93. The van der Waals surface area contributed by atoms with E-state index in [9.17, 15) is 9.59 Å². The Hall–Kier alpha value is -2.08. The maximum atomic E-state index is 12.8. The van der Waals surface area contributed by atoms with Gasteiger partial charge in [-0.05, 0) is 44.7 Å². The van der Waals surface area contributed by atoms with Crippen molar-refractivity contribution in [1.82, 2.24) is 14.0 Å². The largest absolute Gasteiger partial charge is 0.396 e. The van der Waals surface area contributed by atoms with E-state index in [2.05, 4.69) is 0 Å². The summed E-state index contributed by atoms with van der Waals surface area (Å²) in [6.45, 7) is 3.51. The molecule has 0 radical (unpaired) electrons. The number of nitrogens with zero attached hydrogens (tertiary/aromatic N) is 3. The van der Waals surface area contributed by atoms with Gasteiger partial charge >= 0.3 is 5.69 Å². The van der Waals surface area contributed by atoms with E-state index in [4.69, 9.17) is 5.11 Å². The van der Waals surface area contributed by atoms with E-state index in [1.165, 1.54) is 0 Å². The number of para-hydroxylation sites is 2. The van der Waals surface area contributed by atoms with Crippen molar-refractivity contribution in [2.75, 3.05) is 13.2 Å². The highest BCUT2D eigenvalue weighted by Gasteiger charge is 2.29. The number of imidazole rings is 1. The Labute approximate surface area is 141 Å².